The van der Waals surface area contributed by atoms with Crippen LogP contribution in [0.15, 0.2) is 43.1 Å². The van der Waals surface area contributed by atoms with Gasteiger partial charge in [0, 0.05) is 24.2 Å². The molecular formula is C20H29ClN2O4. The van der Waals surface area contributed by atoms with Gasteiger partial charge < -0.3 is 20.8 Å². The molecule has 3 aliphatic heterocycles. The summed E-state index contributed by atoms with van der Waals surface area (Å²) in [5.74, 6) is 2.01. The van der Waals surface area contributed by atoms with E-state index in [2.05, 4.69) is 22.5 Å². The first-order chi connectivity index (χ1) is 11.7. The van der Waals surface area contributed by atoms with E-state index in [1.807, 2.05) is 24.3 Å². The predicted molar refractivity (Wildman–Crippen MR) is 110 cm³/mol. The molecule has 5 atom stereocenters. The predicted octanol–water partition coefficient (Wildman–Crippen LogP) is 1.95. The van der Waals surface area contributed by atoms with E-state index >= 15 is 0 Å². The first kappa shape index (κ1) is 23.3. The Kier molecular flexibility index (Phi) is 8.20. The molecule has 2 aromatic rings. The number of benzene rings is 1. The third-order valence-electron chi connectivity index (χ3n) is 5.82. The number of aliphatic hydroxyl groups excluding tert-OH is 1. The van der Waals surface area contributed by atoms with Crippen molar-refractivity contribution in [3.05, 3.63) is 48.7 Å². The maximum absolute atomic E-state index is 11.2. The van der Waals surface area contributed by atoms with Crippen LogP contribution in [-0.2, 0) is 0 Å². The van der Waals surface area contributed by atoms with Crippen LogP contribution in [0.25, 0.3) is 10.9 Å². The molecule has 27 heavy (non-hydrogen) atoms. The average Bonchev–Trinajstić information content (AvgIpc) is 2.66. The summed E-state index contributed by atoms with van der Waals surface area (Å²) in [5.41, 5.74) is 1.85. The maximum atomic E-state index is 11.2. The SMILES string of the molecule is C=CC1CN2CCC1C[C@@H]2[C@H](O)c1ccnc2ccc(OC)cc12.Cl.O.O. The summed E-state index contributed by atoms with van der Waals surface area (Å²) < 4.78 is 5.35. The monoisotopic (exact) mass is 396 g/mol. The fourth-order valence-electron chi connectivity index (χ4n) is 4.44. The van der Waals surface area contributed by atoms with E-state index in [-0.39, 0.29) is 29.4 Å². The molecule has 3 unspecified atom stereocenters. The van der Waals surface area contributed by atoms with Crippen LogP contribution >= 0.6 is 12.4 Å². The van der Waals surface area contributed by atoms with Crippen LogP contribution < -0.4 is 4.74 Å². The lowest BCUT2D eigenvalue weighted by atomic mass is 9.73. The third kappa shape index (κ3) is 4.10. The first-order valence-electron chi connectivity index (χ1n) is 8.68. The van der Waals surface area contributed by atoms with Crippen molar-refractivity contribution in [3.8, 4) is 5.75 Å². The second-order valence-corrected chi connectivity index (χ2v) is 6.97. The summed E-state index contributed by atoms with van der Waals surface area (Å²) in [4.78, 5) is 6.86. The van der Waals surface area contributed by atoms with Gasteiger partial charge in [0.1, 0.15) is 5.75 Å². The topological polar surface area (TPSA) is 109 Å². The number of pyridine rings is 1. The van der Waals surface area contributed by atoms with E-state index in [0.717, 1.165) is 41.7 Å². The summed E-state index contributed by atoms with van der Waals surface area (Å²) in [5, 5.41) is 12.1. The highest BCUT2D eigenvalue weighted by molar-refractivity contribution is 5.85. The molecule has 6 nitrogen and oxygen atoms in total. The fraction of sp³-hybridized carbons (Fsp3) is 0.450. The number of fused-ring (bicyclic) bond motifs is 4. The van der Waals surface area contributed by atoms with E-state index in [1.54, 1.807) is 13.3 Å². The zero-order valence-corrected chi connectivity index (χ0v) is 16.3. The van der Waals surface area contributed by atoms with Gasteiger partial charge in [0.2, 0.25) is 0 Å². The molecule has 5 rings (SSSR count). The van der Waals surface area contributed by atoms with Crippen LogP contribution in [0.5, 0.6) is 5.75 Å². The van der Waals surface area contributed by atoms with Gasteiger partial charge in [-0.2, -0.15) is 0 Å². The molecule has 4 heterocycles. The number of methoxy groups -OCH3 is 1. The molecule has 0 saturated carbocycles. The van der Waals surface area contributed by atoms with Gasteiger partial charge in [0.15, 0.2) is 0 Å². The Balaban J connectivity index is 0.00000121. The smallest absolute Gasteiger partial charge is 0.119 e. The van der Waals surface area contributed by atoms with Crippen molar-refractivity contribution in [1.82, 2.24) is 9.88 Å². The lowest BCUT2D eigenvalue weighted by Crippen LogP contribution is -2.54. The van der Waals surface area contributed by atoms with Crippen LogP contribution in [0.3, 0.4) is 0 Å². The molecule has 1 aromatic carbocycles. The summed E-state index contributed by atoms with van der Waals surface area (Å²) in [6.45, 7) is 6.07. The molecule has 5 N–H and O–H groups in total. The van der Waals surface area contributed by atoms with Crippen LogP contribution in [0.1, 0.15) is 24.5 Å². The van der Waals surface area contributed by atoms with Gasteiger partial charge in [-0.25, -0.2) is 0 Å². The Morgan fingerprint density at radius 2 is 2.11 bits per heavy atom. The molecule has 0 aliphatic carbocycles. The van der Waals surface area contributed by atoms with Crippen molar-refractivity contribution in [2.24, 2.45) is 11.8 Å². The van der Waals surface area contributed by atoms with Crippen LogP contribution in [0, 0.1) is 11.8 Å². The standard InChI is InChI=1S/C20H24N2O2.ClH.2H2O/c1-3-13-12-22-9-7-14(13)10-19(22)20(23)16-6-8-21-18-5-4-15(24-2)11-17(16)18;;;/h3-6,8,11,13-14,19-20,23H,1,7,9-10,12H2,2H3;1H;2*1H2/t13?,14?,19-,20-;;;/m1.../s1. The van der Waals surface area contributed by atoms with Gasteiger partial charge >= 0.3 is 0 Å². The lowest BCUT2D eigenvalue weighted by molar-refractivity contribution is -0.0444. The van der Waals surface area contributed by atoms with E-state index in [9.17, 15) is 5.11 Å². The number of rotatable bonds is 4. The largest absolute Gasteiger partial charge is 0.497 e. The highest BCUT2D eigenvalue weighted by Gasteiger charge is 2.42. The number of aliphatic hydroxyl groups is 1. The van der Waals surface area contributed by atoms with Crippen molar-refractivity contribution in [2.75, 3.05) is 20.2 Å². The minimum atomic E-state index is -0.504. The van der Waals surface area contributed by atoms with Crippen molar-refractivity contribution < 1.29 is 20.8 Å². The van der Waals surface area contributed by atoms with Crippen LogP contribution in [0.2, 0.25) is 0 Å². The number of nitrogens with zero attached hydrogens (tertiary/aromatic N) is 2. The maximum Gasteiger partial charge on any atom is 0.119 e. The number of hydrogen-bond donors (Lipinski definition) is 1. The van der Waals surface area contributed by atoms with Crippen molar-refractivity contribution in [1.29, 1.82) is 0 Å². The van der Waals surface area contributed by atoms with Gasteiger partial charge in [-0.3, -0.25) is 9.88 Å². The molecule has 7 heteroatoms. The molecule has 3 aliphatic rings. The molecule has 0 spiro atoms. The zero-order valence-electron chi connectivity index (χ0n) is 15.5. The molecule has 2 bridgehead atoms. The van der Waals surface area contributed by atoms with Gasteiger partial charge in [-0.15, -0.1) is 19.0 Å². The summed E-state index contributed by atoms with van der Waals surface area (Å²) in [6.07, 6.45) is 5.62. The second-order valence-electron chi connectivity index (χ2n) is 6.97. The van der Waals surface area contributed by atoms with Gasteiger partial charge in [0.25, 0.3) is 0 Å². The first-order valence-corrected chi connectivity index (χ1v) is 8.68. The summed E-state index contributed by atoms with van der Waals surface area (Å²) in [7, 11) is 1.66. The van der Waals surface area contributed by atoms with Crippen molar-refractivity contribution >= 4 is 23.3 Å². The molecular weight excluding hydrogens is 368 g/mol. The Morgan fingerprint density at radius 1 is 1.33 bits per heavy atom. The van der Waals surface area contributed by atoms with Crippen molar-refractivity contribution in [3.63, 3.8) is 0 Å². The van der Waals surface area contributed by atoms with Gasteiger partial charge in [-0.1, -0.05) is 6.08 Å². The second kappa shape index (κ2) is 9.48. The van der Waals surface area contributed by atoms with Crippen LogP contribution in [0.4, 0.5) is 0 Å². The molecule has 1 aromatic heterocycles. The Labute approximate surface area is 165 Å². The Bertz CT molecular complexity index is 773. The third-order valence-corrected chi connectivity index (χ3v) is 5.82. The number of ether oxygens (including phenoxy) is 1. The summed E-state index contributed by atoms with van der Waals surface area (Å²) >= 11 is 0. The zero-order chi connectivity index (χ0) is 16.7. The molecule has 0 radical (unpaired) electrons. The molecule has 0 amide bonds. The lowest BCUT2D eigenvalue weighted by Gasteiger charge is -2.50. The number of piperidine rings is 3. The minimum Gasteiger partial charge on any atom is -0.497 e. The van der Waals surface area contributed by atoms with E-state index in [1.165, 1.54) is 6.42 Å². The van der Waals surface area contributed by atoms with E-state index in [0.29, 0.717) is 11.8 Å². The highest BCUT2D eigenvalue weighted by Crippen LogP contribution is 2.42. The fourth-order valence-corrected chi connectivity index (χ4v) is 4.44. The summed E-state index contributed by atoms with van der Waals surface area (Å²) in [6, 6.07) is 7.96. The minimum absolute atomic E-state index is 0. The number of halogens is 1. The van der Waals surface area contributed by atoms with Gasteiger partial charge in [0.05, 0.1) is 18.7 Å². The number of aromatic nitrogens is 1. The number of hydrogen-bond acceptors (Lipinski definition) is 4. The Hall–Kier alpha value is -1.70. The average molecular weight is 397 g/mol. The van der Waals surface area contributed by atoms with Crippen molar-refractivity contribution in [2.45, 2.75) is 25.0 Å². The van der Waals surface area contributed by atoms with E-state index in [4.69, 9.17) is 4.74 Å². The Morgan fingerprint density at radius 3 is 2.74 bits per heavy atom. The van der Waals surface area contributed by atoms with E-state index < -0.39 is 6.10 Å². The highest BCUT2D eigenvalue weighted by atomic mass is 35.5. The normalized spacial score (nSPS) is 26.9. The molecule has 3 saturated heterocycles. The van der Waals surface area contributed by atoms with Crippen LogP contribution in [-0.4, -0.2) is 52.2 Å². The molecule has 3 fully saturated rings. The quantitative estimate of drug-likeness (QED) is 0.796. The van der Waals surface area contributed by atoms with Gasteiger partial charge in [-0.05, 0) is 61.1 Å². The molecule has 150 valence electrons.